The van der Waals surface area contributed by atoms with Crippen LogP contribution in [-0.2, 0) is 16.0 Å². The van der Waals surface area contributed by atoms with E-state index in [0.717, 1.165) is 11.1 Å². The topological polar surface area (TPSA) is 66.8 Å². The van der Waals surface area contributed by atoms with Crippen LogP contribution in [0.1, 0.15) is 22.7 Å². The maximum absolute atomic E-state index is 13.4. The largest absolute Gasteiger partial charge is 0.503 e. The number of benzene rings is 4. The number of rotatable bonds is 9. The van der Waals surface area contributed by atoms with Crippen LogP contribution in [0.2, 0.25) is 0 Å². The second-order valence-electron chi connectivity index (χ2n) is 8.99. The Morgan fingerprint density at radius 1 is 0.816 bits per heavy atom. The van der Waals surface area contributed by atoms with Crippen LogP contribution in [-0.4, -0.2) is 28.2 Å². The van der Waals surface area contributed by atoms with Crippen molar-refractivity contribution >= 4 is 17.8 Å². The van der Waals surface area contributed by atoms with Crippen molar-refractivity contribution in [3.05, 3.63) is 149 Å². The minimum absolute atomic E-state index is 0.0621. The van der Waals surface area contributed by atoms with Gasteiger partial charge >= 0.3 is 0 Å². The monoisotopic (exact) mass is 501 g/mol. The molecule has 1 amide bonds. The van der Waals surface area contributed by atoms with Gasteiger partial charge < -0.3 is 14.7 Å². The molecule has 5 nitrogen and oxygen atoms in total. The van der Waals surface area contributed by atoms with Crippen LogP contribution in [0.4, 0.5) is 0 Å². The highest BCUT2D eigenvalue weighted by Crippen LogP contribution is 2.39. The molecular formula is C33H27NO4. The third-order valence-corrected chi connectivity index (χ3v) is 6.43. The molecule has 1 unspecified atom stereocenters. The molecule has 1 aliphatic heterocycles. The molecule has 4 aromatic rings. The summed E-state index contributed by atoms with van der Waals surface area (Å²) in [4.78, 5) is 28.3. The number of amides is 1. The molecule has 0 aromatic heterocycles. The van der Waals surface area contributed by atoms with E-state index in [-0.39, 0.29) is 5.57 Å². The number of hydrogen-bond acceptors (Lipinski definition) is 4. The second-order valence-corrected chi connectivity index (χ2v) is 8.99. The van der Waals surface area contributed by atoms with Gasteiger partial charge in [-0.05, 0) is 53.5 Å². The number of aliphatic hydroxyl groups excluding tert-OH is 1. The van der Waals surface area contributed by atoms with Crippen LogP contribution < -0.4 is 4.74 Å². The van der Waals surface area contributed by atoms with Gasteiger partial charge in [0.25, 0.3) is 5.91 Å². The minimum atomic E-state index is -0.751. The molecule has 188 valence electrons. The summed E-state index contributed by atoms with van der Waals surface area (Å²) in [6.07, 6.45) is 3.68. The van der Waals surface area contributed by atoms with Crippen LogP contribution in [0.15, 0.2) is 133 Å². The van der Waals surface area contributed by atoms with Gasteiger partial charge in [-0.1, -0.05) is 97.1 Å². The molecule has 0 bridgehead atoms. The number of aliphatic hydroxyl groups is 1. The fraction of sp³-hybridized carbons (Fsp3) is 0.0909. The van der Waals surface area contributed by atoms with Gasteiger partial charge in [0.05, 0.1) is 11.6 Å². The van der Waals surface area contributed by atoms with E-state index in [1.54, 1.807) is 11.0 Å². The van der Waals surface area contributed by atoms with Crippen molar-refractivity contribution in [3.63, 3.8) is 0 Å². The average Bonchev–Trinajstić information content (AvgIpc) is 3.22. The minimum Gasteiger partial charge on any atom is -0.503 e. The Hall–Kier alpha value is -4.90. The van der Waals surface area contributed by atoms with Crippen molar-refractivity contribution in [2.45, 2.75) is 12.5 Å². The summed E-state index contributed by atoms with van der Waals surface area (Å²) in [6.45, 7) is 0.334. The summed E-state index contributed by atoms with van der Waals surface area (Å²) in [5.74, 6) is -0.242. The normalized spacial score (nSPS) is 15.3. The number of ether oxygens (including phenoxy) is 1. The summed E-state index contributed by atoms with van der Waals surface area (Å²) in [7, 11) is 0. The summed E-state index contributed by atoms with van der Waals surface area (Å²) < 4.78 is 6.02. The quantitative estimate of drug-likeness (QED) is 0.259. The molecule has 4 aromatic carbocycles. The average molecular weight is 502 g/mol. The van der Waals surface area contributed by atoms with Crippen molar-refractivity contribution < 1.29 is 19.4 Å². The van der Waals surface area contributed by atoms with E-state index in [1.807, 2.05) is 115 Å². The molecule has 0 saturated heterocycles. The van der Waals surface area contributed by atoms with Gasteiger partial charge in [-0.25, -0.2) is 0 Å². The molecule has 1 atom stereocenters. The Morgan fingerprint density at radius 3 is 2.16 bits per heavy atom. The molecule has 5 rings (SSSR count). The predicted molar refractivity (Wildman–Crippen MR) is 148 cm³/mol. The lowest BCUT2D eigenvalue weighted by molar-refractivity contribution is -0.129. The lowest BCUT2D eigenvalue weighted by Crippen LogP contribution is -2.33. The zero-order chi connectivity index (χ0) is 26.3. The third kappa shape index (κ3) is 5.57. The smallest absolute Gasteiger partial charge is 0.290 e. The van der Waals surface area contributed by atoms with Crippen LogP contribution >= 0.6 is 0 Å². The van der Waals surface area contributed by atoms with Crippen molar-refractivity contribution in [1.29, 1.82) is 0 Å². The Bertz CT molecular complexity index is 1480. The number of carbonyl (C=O) groups excluding carboxylic acids is 2. The molecule has 0 radical (unpaired) electrons. The number of ketones is 1. The molecule has 0 aliphatic carbocycles. The second kappa shape index (κ2) is 11.4. The van der Waals surface area contributed by atoms with Gasteiger partial charge in [0.15, 0.2) is 11.5 Å². The first-order valence-electron chi connectivity index (χ1n) is 12.5. The summed E-state index contributed by atoms with van der Waals surface area (Å²) in [6, 6.07) is 35.2. The zero-order valence-corrected chi connectivity index (χ0v) is 20.7. The Kier molecular flexibility index (Phi) is 7.46. The molecule has 1 heterocycles. The zero-order valence-electron chi connectivity index (χ0n) is 20.7. The SMILES string of the molecule is O=C(/C=C/c1ccccc1)C1=C(O)C(=O)N(CCc2ccccc2)C1c1cccc(Oc2ccccc2)c1. The molecular weight excluding hydrogens is 474 g/mol. The van der Waals surface area contributed by atoms with Crippen molar-refractivity contribution in [1.82, 2.24) is 4.90 Å². The van der Waals surface area contributed by atoms with Crippen LogP contribution in [0.25, 0.3) is 6.08 Å². The van der Waals surface area contributed by atoms with Gasteiger partial charge in [-0.15, -0.1) is 0 Å². The predicted octanol–water partition coefficient (Wildman–Crippen LogP) is 6.70. The molecule has 1 aliphatic rings. The fourth-order valence-corrected chi connectivity index (χ4v) is 4.58. The molecule has 0 saturated carbocycles. The van der Waals surface area contributed by atoms with Gasteiger partial charge in [-0.3, -0.25) is 9.59 Å². The highest BCUT2D eigenvalue weighted by Gasteiger charge is 2.42. The maximum Gasteiger partial charge on any atom is 0.290 e. The van der Waals surface area contributed by atoms with E-state index < -0.39 is 23.5 Å². The molecule has 1 N–H and O–H groups in total. The molecule has 0 spiro atoms. The van der Waals surface area contributed by atoms with Crippen molar-refractivity contribution in [2.75, 3.05) is 6.54 Å². The van der Waals surface area contributed by atoms with Crippen molar-refractivity contribution in [2.24, 2.45) is 0 Å². The Labute approximate surface area is 221 Å². The van der Waals surface area contributed by atoms with Gasteiger partial charge in [0.2, 0.25) is 0 Å². The number of nitrogens with zero attached hydrogens (tertiary/aromatic N) is 1. The van der Waals surface area contributed by atoms with E-state index >= 15 is 0 Å². The first-order chi connectivity index (χ1) is 18.6. The van der Waals surface area contributed by atoms with E-state index in [1.165, 1.54) is 6.08 Å². The number of para-hydroxylation sites is 1. The fourth-order valence-electron chi connectivity index (χ4n) is 4.58. The van der Waals surface area contributed by atoms with Crippen molar-refractivity contribution in [3.8, 4) is 11.5 Å². The van der Waals surface area contributed by atoms with Crippen LogP contribution in [0, 0.1) is 0 Å². The lowest BCUT2D eigenvalue weighted by Gasteiger charge is -2.27. The molecule has 38 heavy (non-hydrogen) atoms. The molecule has 0 fully saturated rings. The van der Waals surface area contributed by atoms with Crippen LogP contribution in [0.5, 0.6) is 11.5 Å². The number of allylic oxidation sites excluding steroid dienone is 1. The van der Waals surface area contributed by atoms with Crippen LogP contribution in [0.3, 0.4) is 0 Å². The highest BCUT2D eigenvalue weighted by molar-refractivity contribution is 6.14. The number of hydrogen-bond donors (Lipinski definition) is 1. The lowest BCUT2D eigenvalue weighted by atomic mass is 9.95. The van der Waals surface area contributed by atoms with Gasteiger partial charge in [-0.2, -0.15) is 0 Å². The third-order valence-electron chi connectivity index (χ3n) is 6.43. The van der Waals surface area contributed by atoms with E-state index in [4.69, 9.17) is 4.74 Å². The summed E-state index contributed by atoms with van der Waals surface area (Å²) in [5, 5.41) is 10.9. The Morgan fingerprint density at radius 2 is 1.45 bits per heavy atom. The van der Waals surface area contributed by atoms with E-state index in [2.05, 4.69) is 0 Å². The highest BCUT2D eigenvalue weighted by atomic mass is 16.5. The van der Waals surface area contributed by atoms with Gasteiger partial charge in [0, 0.05) is 6.54 Å². The summed E-state index contributed by atoms with van der Waals surface area (Å²) in [5.41, 5.74) is 2.65. The standard InChI is InChI=1S/C33H27NO4/c35-29(20-19-24-11-4-1-5-12-24)30-31(26-15-10-18-28(23-26)38-27-16-8-3-9-17-27)34(33(37)32(30)36)22-21-25-13-6-2-7-14-25/h1-20,23,31,36H,21-22H2/b20-19+. The Balaban J connectivity index is 1.49. The maximum atomic E-state index is 13.4. The molecule has 5 heteroatoms. The first-order valence-corrected chi connectivity index (χ1v) is 12.5. The summed E-state index contributed by atoms with van der Waals surface area (Å²) >= 11 is 0. The number of carbonyl (C=O) groups is 2. The van der Waals surface area contributed by atoms with Gasteiger partial charge in [0.1, 0.15) is 11.5 Å². The van der Waals surface area contributed by atoms with E-state index in [9.17, 15) is 14.7 Å². The first kappa shape index (κ1) is 24.8. The van der Waals surface area contributed by atoms with E-state index in [0.29, 0.717) is 30.0 Å².